The second-order valence-electron chi connectivity index (χ2n) is 5.23. The van der Waals surface area contributed by atoms with Gasteiger partial charge in [-0.05, 0) is 35.2 Å². The molecule has 1 aromatic rings. The van der Waals surface area contributed by atoms with Crippen molar-refractivity contribution >= 4 is 23.2 Å². The van der Waals surface area contributed by atoms with Gasteiger partial charge in [-0.1, -0.05) is 19.3 Å². The fraction of sp³-hybridized carbons (Fsp3) is 0.571. The summed E-state index contributed by atoms with van der Waals surface area (Å²) in [5.41, 5.74) is 0.225. The van der Waals surface area contributed by atoms with Gasteiger partial charge < -0.3 is 10.4 Å². The fourth-order valence-corrected chi connectivity index (χ4v) is 3.33. The number of rotatable bonds is 5. The molecule has 2 rings (SSSR count). The maximum Gasteiger partial charge on any atom is 0.310 e. The lowest BCUT2D eigenvalue weighted by molar-refractivity contribution is -0.154. The van der Waals surface area contributed by atoms with Crippen LogP contribution in [0.15, 0.2) is 16.8 Å². The topological polar surface area (TPSA) is 66.4 Å². The highest BCUT2D eigenvalue weighted by atomic mass is 32.1. The van der Waals surface area contributed by atoms with E-state index in [0.29, 0.717) is 19.4 Å². The molecule has 1 amide bonds. The van der Waals surface area contributed by atoms with Gasteiger partial charge in [-0.2, -0.15) is 11.3 Å². The molecule has 0 saturated heterocycles. The molecule has 0 unspecified atom stereocenters. The van der Waals surface area contributed by atoms with E-state index in [9.17, 15) is 14.7 Å². The van der Waals surface area contributed by atoms with Crippen LogP contribution < -0.4 is 5.32 Å². The minimum Gasteiger partial charge on any atom is -0.481 e. The number of thiophene rings is 1. The molecule has 1 saturated carbocycles. The first kappa shape index (κ1) is 14.1. The van der Waals surface area contributed by atoms with E-state index in [0.717, 1.165) is 24.8 Å². The normalized spacial score (nSPS) is 17.9. The molecule has 1 aliphatic rings. The Hall–Kier alpha value is -1.36. The van der Waals surface area contributed by atoms with Crippen molar-refractivity contribution in [1.82, 2.24) is 5.32 Å². The van der Waals surface area contributed by atoms with Crippen molar-refractivity contribution < 1.29 is 14.7 Å². The predicted molar refractivity (Wildman–Crippen MR) is 73.9 cm³/mol. The second-order valence-corrected chi connectivity index (χ2v) is 6.01. The number of carbonyl (C=O) groups is 2. The standard InChI is InChI=1S/C14H19NO3S/c16-12(15-9-11-4-7-19-10-11)8-14(13(17)18)5-2-1-3-6-14/h4,7,10H,1-3,5-6,8-9H2,(H,15,16)(H,17,18). The van der Waals surface area contributed by atoms with Crippen LogP contribution in [-0.4, -0.2) is 17.0 Å². The number of carboxylic acids is 1. The van der Waals surface area contributed by atoms with Crippen molar-refractivity contribution in [2.45, 2.75) is 45.1 Å². The molecule has 0 spiro atoms. The number of nitrogens with one attached hydrogen (secondary N) is 1. The maximum atomic E-state index is 11.9. The molecule has 5 heteroatoms. The van der Waals surface area contributed by atoms with Gasteiger partial charge in [0.25, 0.3) is 0 Å². The second kappa shape index (κ2) is 6.19. The molecule has 0 aliphatic heterocycles. The molecular formula is C14H19NO3S. The zero-order valence-corrected chi connectivity index (χ0v) is 11.7. The number of hydrogen-bond acceptors (Lipinski definition) is 3. The van der Waals surface area contributed by atoms with Gasteiger partial charge >= 0.3 is 5.97 Å². The lowest BCUT2D eigenvalue weighted by Gasteiger charge is -2.32. The Morgan fingerprint density at radius 1 is 1.32 bits per heavy atom. The van der Waals surface area contributed by atoms with Crippen LogP contribution >= 0.6 is 11.3 Å². The number of carbonyl (C=O) groups excluding carboxylic acids is 1. The van der Waals surface area contributed by atoms with Crippen LogP contribution in [0.3, 0.4) is 0 Å². The van der Waals surface area contributed by atoms with Crippen molar-refractivity contribution in [3.8, 4) is 0 Å². The van der Waals surface area contributed by atoms with Crippen LogP contribution in [0.2, 0.25) is 0 Å². The van der Waals surface area contributed by atoms with Crippen molar-refractivity contribution in [2.75, 3.05) is 0 Å². The summed E-state index contributed by atoms with van der Waals surface area (Å²) in [7, 11) is 0. The Kier molecular flexibility index (Phi) is 4.58. The predicted octanol–water partition coefficient (Wildman–Crippen LogP) is 2.79. The summed E-state index contributed by atoms with van der Waals surface area (Å²) in [6, 6.07) is 1.96. The third-order valence-corrected chi connectivity index (χ3v) is 4.57. The molecule has 0 atom stereocenters. The number of amides is 1. The van der Waals surface area contributed by atoms with Gasteiger partial charge in [0.2, 0.25) is 5.91 Å². The van der Waals surface area contributed by atoms with Gasteiger partial charge in [-0.3, -0.25) is 9.59 Å². The molecule has 0 radical (unpaired) electrons. The first-order valence-electron chi connectivity index (χ1n) is 6.64. The van der Waals surface area contributed by atoms with E-state index in [-0.39, 0.29) is 12.3 Å². The highest BCUT2D eigenvalue weighted by Gasteiger charge is 2.41. The Morgan fingerprint density at radius 2 is 2.05 bits per heavy atom. The van der Waals surface area contributed by atoms with E-state index in [1.807, 2.05) is 16.8 Å². The summed E-state index contributed by atoms with van der Waals surface area (Å²) in [6.07, 6.45) is 4.23. The maximum absolute atomic E-state index is 11.9. The molecule has 19 heavy (non-hydrogen) atoms. The molecule has 2 N–H and O–H groups in total. The molecule has 0 aromatic carbocycles. The lowest BCUT2D eigenvalue weighted by Crippen LogP contribution is -2.39. The van der Waals surface area contributed by atoms with Crippen molar-refractivity contribution in [1.29, 1.82) is 0 Å². The van der Waals surface area contributed by atoms with Crippen molar-refractivity contribution in [2.24, 2.45) is 5.41 Å². The van der Waals surface area contributed by atoms with Crippen LogP contribution in [-0.2, 0) is 16.1 Å². The van der Waals surface area contributed by atoms with Gasteiger partial charge in [0.05, 0.1) is 5.41 Å². The first-order valence-corrected chi connectivity index (χ1v) is 7.58. The van der Waals surface area contributed by atoms with Crippen LogP contribution in [0.1, 0.15) is 44.1 Å². The van der Waals surface area contributed by atoms with Crippen LogP contribution in [0, 0.1) is 5.41 Å². The summed E-state index contributed by atoms with van der Waals surface area (Å²) in [5, 5.41) is 16.2. The van der Waals surface area contributed by atoms with E-state index in [1.54, 1.807) is 11.3 Å². The molecule has 4 nitrogen and oxygen atoms in total. The zero-order valence-electron chi connectivity index (χ0n) is 10.9. The molecule has 1 heterocycles. The number of hydrogen-bond donors (Lipinski definition) is 2. The Morgan fingerprint density at radius 3 is 2.63 bits per heavy atom. The summed E-state index contributed by atoms with van der Waals surface area (Å²) < 4.78 is 0. The third-order valence-electron chi connectivity index (χ3n) is 3.83. The van der Waals surface area contributed by atoms with Gasteiger partial charge in [0, 0.05) is 13.0 Å². The molecule has 104 valence electrons. The Bertz CT molecular complexity index is 436. The fourth-order valence-electron chi connectivity index (χ4n) is 2.66. The van der Waals surface area contributed by atoms with E-state index in [1.165, 1.54) is 0 Å². The van der Waals surface area contributed by atoms with Crippen LogP contribution in [0.25, 0.3) is 0 Å². The highest BCUT2D eigenvalue weighted by Crippen LogP contribution is 2.39. The Labute approximate surface area is 116 Å². The van der Waals surface area contributed by atoms with Crippen molar-refractivity contribution in [3.05, 3.63) is 22.4 Å². The van der Waals surface area contributed by atoms with Gasteiger partial charge in [-0.15, -0.1) is 0 Å². The van der Waals surface area contributed by atoms with E-state index in [2.05, 4.69) is 5.32 Å². The average molecular weight is 281 g/mol. The third kappa shape index (κ3) is 3.56. The minimum atomic E-state index is -0.836. The minimum absolute atomic E-state index is 0.104. The van der Waals surface area contributed by atoms with E-state index >= 15 is 0 Å². The largest absolute Gasteiger partial charge is 0.481 e. The summed E-state index contributed by atoms with van der Waals surface area (Å²) >= 11 is 1.59. The molecular weight excluding hydrogens is 262 g/mol. The highest BCUT2D eigenvalue weighted by molar-refractivity contribution is 7.07. The molecule has 1 aliphatic carbocycles. The van der Waals surface area contributed by atoms with Gasteiger partial charge in [0.15, 0.2) is 0 Å². The van der Waals surface area contributed by atoms with Crippen LogP contribution in [0.5, 0.6) is 0 Å². The van der Waals surface area contributed by atoms with Gasteiger partial charge in [0.1, 0.15) is 0 Å². The molecule has 0 bridgehead atoms. The van der Waals surface area contributed by atoms with Crippen molar-refractivity contribution in [3.63, 3.8) is 0 Å². The first-order chi connectivity index (χ1) is 9.12. The summed E-state index contributed by atoms with van der Waals surface area (Å²) in [6.45, 7) is 0.484. The van der Waals surface area contributed by atoms with E-state index < -0.39 is 11.4 Å². The summed E-state index contributed by atoms with van der Waals surface area (Å²) in [5.74, 6) is -0.978. The quantitative estimate of drug-likeness (QED) is 0.872. The number of carboxylic acid groups (broad SMARTS) is 1. The SMILES string of the molecule is O=C(CC1(C(=O)O)CCCCC1)NCc1ccsc1. The smallest absolute Gasteiger partial charge is 0.310 e. The Balaban J connectivity index is 1.90. The average Bonchev–Trinajstić information content (AvgIpc) is 2.90. The molecule has 1 aromatic heterocycles. The zero-order chi connectivity index (χ0) is 13.7. The monoisotopic (exact) mass is 281 g/mol. The van der Waals surface area contributed by atoms with E-state index in [4.69, 9.17) is 0 Å². The lowest BCUT2D eigenvalue weighted by atomic mass is 9.71. The summed E-state index contributed by atoms with van der Waals surface area (Å²) in [4.78, 5) is 23.4. The van der Waals surface area contributed by atoms with Gasteiger partial charge in [-0.25, -0.2) is 0 Å². The number of aliphatic carboxylic acids is 1. The van der Waals surface area contributed by atoms with Crippen LogP contribution in [0.4, 0.5) is 0 Å². The molecule has 1 fully saturated rings.